The molecule has 0 aliphatic carbocycles. The number of hydrogen-bond donors (Lipinski definition) is 1. The van der Waals surface area contributed by atoms with E-state index in [1.807, 2.05) is 23.7 Å². The lowest BCUT2D eigenvalue weighted by Gasteiger charge is -2.24. The monoisotopic (exact) mass is 246 g/mol. The molecule has 2 heterocycles. The molecule has 0 fully saturated rings. The summed E-state index contributed by atoms with van der Waals surface area (Å²) in [6, 6.07) is 6.78. The molecule has 0 saturated heterocycles. The van der Waals surface area contributed by atoms with Crippen LogP contribution in [0, 0.1) is 5.82 Å². The normalized spacial score (nSPS) is 18.2. The zero-order valence-corrected chi connectivity index (χ0v) is 10.2. The zero-order chi connectivity index (χ0) is 12.5. The van der Waals surface area contributed by atoms with Crippen molar-refractivity contribution in [2.24, 2.45) is 0 Å². The molecular formula is C13H15FN4. The topological polar surface area (TPSA) is 42.7 Å². The zero-order valence-electron chi connectivity index (χ0n) is 10.2. The lowest BCUT2D eigenvalue weighted by Crippen LogP contribution is -2.24. The Morgan fingerprint density at radius 1 is 1.39 bits per heavy atom. The number of halogens is 1. The molecule has 2 aromatic rings. The van der Waals surface area contributed by atoms with Gasteiger partial charge < -0.3 is 5.32 Å². The maximum absolute atomic E-state index is 13.0. The average molecular weight is 246 g/mol. The van der Waals surface area contributed by atoms with E-state index in [4.69, 9.17) is 0 Å². The van der Waals surface area contributed by atoms with Crippen molar-refractivity contribution in [1.82, 2.24) is 14.8 Å². The molecule has 0 bridgehead atoms. The standard InChI is InChI=1S/C13H15FN4/c1-2-12-16-13-15-8-7-11(18(13)17-12)9-3-5-10(14)6-4-9/h3-6,11H,2,7-8H2,1H3,(H,15,16,17). The van der Waals surface area contributed by atoms with Crippen molar-refractivity contribution in [2.75, 3.05) is 11.9 Å². The summed E-state index contributed by atoms with van der Waals surface area (Å²) >= 11 is 0. The molecular weight excluding hydrogens is 231 g/mol. The summed E-state index contributed by atoms with van der Waals surface area (Å²) < 4.78 is 14.9. The minimum absolute atomic E-state index is 0.148. The van der Waals surface area contributed by atoms with Crippen LogP contribution in [0.15, 0.2) is 24.3 Å². The predicted molar refractivity (Wildman–Crippen MR) is 67.0 cm³/mol. The highest BCUT2D eigenvalue weighted by atomic mass is 19.1. The quantitative estimate of drug-likeness (QED) is 0.884. The maximum atomic E-state index is 13.0. The van der Waals surface area contributed by atoms with Gasteiger partial charge in [0.25, 0.3) is 0 Å². The molecule has 1 aliphatic rings. The Morgan fingerprint density at radius 3 is 2.89 bits per heavy atom. The molecule has 1 aromatic carbocycles. The van der Waals surface area contributed by atoms with Gasteiger partial charge in [0.1, 0.15) is 5.82 Å². The van der Waals surface area contributed by atoms with Crippen LogP contribution >= 0.6 is 0 Å². The van der Waals surface area contributed by atoms with E-state index in [2.05, 4.69) is 15.4 Å². The number of rotatable bonds is 2. The lowest BCUT2D eigenvalue weighted by atomic mass is 10.0. The van der Waals surface area contributed by atoms with Gasteiger partial charge in [-0.15, -0.1) is 0 Å². The molecule has 1 atom stereocenters. The highest BCUT2D eigenvalue weighted by Gasteiger charge is 2.23. The van der Waals surface area contributed by atoms with Gasteiger partial charge in [0, 0.05) is 13.0 Å². The molecule has 94 valence electrons. The SMILES string of the molecule is CCc1nc2n(n1)C(c1ccc(F)cc1)CCN2. The molecule has 5 heteroatoms. The van der Waals surface area contributed by atoms with Gasteiger partial charge >= 0.3 is 0 Å². The summed E-state index contributed by atoms with van der Waals surface area (Å²) in [6.45, 7) is 2.90. The predicted octanol–water partition coefficient (Wildman–Crippen LogP) is 2.38. The first-order valence-corrected chi connectivity index (χ1v) is 6.22. The number of nitrogens with one attached hydrogen (secondary N) is 1. The van der Waals surface area contributed by atoms with Gasteiger partial charge in [-0.2, -0.15) is 10.1 Å². The van der Waals surface area contributed by atoms with Crippen LogP contribution in [0.5, 0.6) is 0 Å². The minimum Gasteiger partial charge on any atom is -0.354 e. The first-order chi connectivity index (χ1) is 8.78. The number of benzene rings is 1. The lowest BCUT2D eigenvalue weighted by molar-refractivity contribution is 0.476. The molecule has 0 amide bonds. The van der Waals surface area contributed by atoms with Crippen molar-refractivity contribution in [2.45, 2.75) is 25.8 Å². The van der Waals surface area contributed by atoms with Gasteiger partial charge in [0.15, 0.2) is 5.82 Å². The van der Waals surface area contributed by atoms with E-state index < -0.39 is 0 Å². The smallest absolute Gasteiger partial charge is 0.221 e. The fourth-order valence-electron chi connectivity index (χ4n) is 2.29. The van der Waals surface area contributed by atoms with Crippen molar-refractivity contribution in [3.8, 4) is 0 Å². The third kappa shape index (κ3) is 1.85. The van der Waals surface area contributed by atoms with Crippen LogP contribution in [0.3, 0.4) is 0 Å². The summed E-state index contributed by atoms with van der Waals surface area (Å²) in [4.78, 5) is 4.43. The van der Waals surface area contributed by atoms with Gasteiger partial charge in [-0.3, -0.25) is 0 Å². The largest absolute Gasteiger partial charge is 0.354 e. The van der Waals surface area contributed by atoms with Crippen LogP contribution in [0.1, 0.15) is 30.8 Å². The van der Waals surface area contributed by atoms with E-state index in [-0.39, 0.29) is 11.9 Å². The fraction of sp³-hybridized carbons (Fsp3) is 0.385. The third-order valence-electron chi connectivity index (χ3n) is 3.24. The molecule has 0 radical (unpaired) electrons. The molecule has 1 aromatic heterocycles. The second kappa shape index (κ2) is 4.40. The van der Waals surface area contributed by atoms with E-state index in [0.29, 0.717) is 0 Å². The Morgan fingerprint density at radius 2 is 2.17 bits per heavy atom. The van der Waals surface area contributed by atoms with Gasteiger partial charge in [0.05, 0.1) is 6.04 Å². The van der Waals surface area contributed by atoms with Gasteiger partial charge in [-0.1, -0.05) is 19.1 Å². The highest BCUT2D eigenvalue weighted by Crippen LogP contribution is 2.28. The number of nitrogens with zero attached hydrogens (tertiary/aromatic N) is 3. The Balaban J connectivity index is 2.00. The number of hydrogen-bond acceptors (Lipinski definition) is 3. The summed E-state index contributed by atoms with van der Waals surface area (Å²) in [5, 5.41) is 7.74. The molecule has 1 unspecified atom stereocenters. The first-order valence-electron chi connectivity index (χ1n) is 6.22. The molecule has 0 spiro atoms. The van der Waals surface area contributed by atoms with E-state index in [0.717, 1.165) is 36.7 Å². The molecule has 1 aliphatic heterocycles. The Hall–Kier alpha value is -1.91. The van der Waals surface area contributed by atoms with Crippen LogP contribution in [-0.4, -0.2) is 21.3 Å². The summed E-state index contributed by atoms with van der Waals surface area (Å²) in [7, 11) is 0. The van der Waals surface area contributed by atoms with E-state index in [1.165, 1.54) is 12.1 Å². The molecule has 4 nitrogen and oxygen atoms in total. The minimum atomic E-state index is -0.208. The number of aryl methyl sites for hydroxylation is 1. The van der Waals surface area contributed by atoms with Crippen molar-refractivity contribution >= 4 is 5.95 Å². The van der Waals surface area contributed by atoms with Crippen molar-refractivity contribution in [3.63, 3.8) is 0 Å². The number of aromatic nitrogens is 3. The van der Waals surface area contributed by atoms with Crippen molar-refractivity contribution < 1.29 is 4.39 Å². The van der Waals surface area contributed by atoms with Crippen LogP contribution in [0.2, 0.25) is 0 Å². The summed E-state index contributed by atoms with van der Waals surface area (Å²) in [5.74, 6) is 1.44. The van der Waals surface area contributed by atoms with Gasteiger partial charge in [0.2, 0.25) is 5.95 Å². The van der Waals surface area contributed by atoms with Crippen LogP contribution in [-0.2, 0) is 6.42 Å². The summed E-state index contributed by atoms with van der Waals surface area (Å²) in [5.41, 5.74) is 1.08. The van der Waals surface area contributed by atoms with Crippen LogP contribution in [0.25, 0.3) is 0 Å². The molecule has 18 heavy (non-hydrogen) atoms. The maximum Gasteiger partial charge on any atom is 0.221 e. The highest BCUT2D eigenvalue weighted by molar-refractivity contribution is 5.32. The van der Waals surface area contributed by atoms with Crippen molar-refractivity contribution in [1.29, 1.82) is 0 Å². The Kier molecular flexibility index (Phi) is 2.74. The third-order valence-corrected chi connectivity index (χ3v) is 3.24. The summed E-state index contributed by atoms with van der Waals surface area (Å²) in [6.07, 6.45) is 1.75. The molecule has 1 N–H and O–H groups in total. The van der Waals surface area contributed by atoms with Gasteiger partial charge in [-0.25, -0.2) is 9.07 Å². The second-order valence-electron chi connectivity index (χ2n) is 4.43. The van der Waals surface area contributed by atoms with Crippen LogP contribution < -0.4 is 5.32 Å². The van der Waals surface area contributed by atoms with Crippen LogP contribution in [0.4, 0.5) is 10.3 Å². The average Bonchev–Trinajstić information content (AvgIpc) is 2.82. The second-order valence-corrected chi connectivity index (χ2v) is 4.43. The first kappa shape index (κ1) is 11.2. The van der Waals surface area contributed by atoms with E-state index in [1.54, 1.807) is 0 Å². The molecule has 0 saturated carbocycles. The Labute approximate surface area is 105 Å². The van der Waals surface area contributed by atoms with E-state index in [9.17, 15) is 4.39 Å². The molecule has 3 rings (SSSR count). The number of anilines is 1. The Bertz CT molecular complexity index is 547. The van der Waals surface area contributed by atoms with Crippen molar-refractivity contribution in [3.05, 3.63) is 41.5 Å². The number of fused-ring (bicyclic) bond motifs is 1. The van der Waals surface area contributed by atoms with Gasteiger partial charge in [-0.05, 0) is 24.1 Å². The van der Waals surface area contributed by atoms with E-state index >= 15 is 0 Å². The fourth-order valence-corrected chi connectivity index (χ4v) is 2.29.